The number of thiophene rings is 1. The summed E-state index contributed by atoms with van der Waals surface area (Å²) < 4.78 is 26.2. The van der Waals surface area contributed by atoms with Crippen molar-refractivity contribution in [2.24, 2.45) is 0 Å². The van der Waals surface area contributed by atoms with Crippen LogP contribution < -0.4 is 5.56 Å². The molecule has 0 N–H and O–H groups in total. The maximum Gasteiger partial charge on any atom is 0.293 e. The predicted molar refractivity (Wildman–Crippen MR) is 136 cm³/mol. The predicted octanol–water partition coefficient (Wildman–Crippen LogP) is 5.16. The van der Waals surface area contributed by atoms with Gasteiger partial charge in [0.25, 0.3) is 11.2 Å². The summed E-state index contributed by atoms with van der Waals surface area (Å²) in [5.41, 5.74) is 0.657. The number of carbonyl (C=O) groups excluding carboxylic acids is 1. The van der Waals surface area contributed by atoms with E-state index in [1.165, 1.54) is 36.4 Å². The lowest BCUT2D eigenvalue weighted by atomic mass is 10.1. The number of hydrogen-bond donors (Lipinski definition) is 0. The highest BCUT2D eigenvalue weighted by molar-refractivity contribution is 7.94. The number of pyridine rings is 1. The van der Waals surface area contributed by atoms with E-state index < -0.39 is 31.9 Å². The van der Waals surface area contributed by atoms with E-state index in [-0.39, 0.29) is 37.8 Å². The summed E-state index contributed by atoms with van der Waals surface area (Å²) >= 11 is 13.0. The maximum absolute atomic E-state index is 13.1. The Morgan fingerprint density at radius 2 is 1.83 bits per heavy atom. The molecular weight excluding hydrogens is 535 g/mol. The third-order valence-electron chi connectivity index (χ3n) is 5.23. The molecule has 0 atom stereocenters. The van der Waals surface area contributed by atoms with Crippen molar-refractivity contribution in [3.63, 3.8) is 0 Å². The Bertz CT molecular complexity index is 1680. The zero-order valence-electron chi connectivity index (χ0n) is 18.0. The Balaban J connectivity index is 1.65. The van der Waals surface area contributed by atoms with Gasteiger partial charge in [-0.2, -0.15) is 0 Å². The second-order valence-corrected chi connectivity index (χ2v) is 12.2. The highest BCUT2D eigenvalue weighted by Crippen LogP contribution is 2.29. The molecule has 12 heteroatoms. The number of halogens is 2. The van der Waals surface area contributed by atoms with Gasteiger partial charge in [-0.3, -0.25) is 24.3 Å². The molecule has 0 fully saturated rings. The maximum atomic E-state index is 13.1. The zero-order valence-corrected chi connectivity index (χ0v) is 21.2. The molecule has 0 radical (unpaired) electrons. The van der Waals surface area contributed by atoms with Crippen LogP contribution in [0.25, 0.3) is 16.5 Å². The van der Waals surface area contributed by atoms with Gasteiger partial charge in [0.2, 0.25) is 0 Å². The summed E-state index contributed by atoms with van der Waals surface area (Å²) in [6, 6.07) is 12.0. The van der Waals surface area contributed by atoms with Crippen LogP contribution in [0.1, 0.15) is 11.1 Å². The first kappa shape index (κ1) is 25.1. The summed E-state index contributed by atoms with van der Waals surface area (Å²) in [4.78, 5) is 36.6. The van der Waals surface area contributed by atoms with E-state index in [0.29, 0.717) is 9.90 Å². The van der Waals surface area contributed by atoms with Crippen LogP contribution in [0.5, 0.6) is 0 Å². The molecule has 2 aromatic heterocycles. The Labute approximate surface area is 213 Å². The SMILES string of the molecule is Cc1ccc2c(=O)n(-c3ccc(CC(=O)CS(=O)(=O)c4ccc(Cl)s4)cc3Cl)cc([N+](=O)[O-])c2c1. The molecule has 2 aromatic carbocycles. The molecule has 0 saturated carbocycles. The number of hydrogen-bond acceptors (Lipinski definition) is 7. The third kappa shape index (κ3) is 5.15. The summed E-state index contributed by atoms with van der Waals surface area (Å²) in [7, 11) is -3.82. The number of aryl methyl sites for hydroxylation is 1. The van der Waals surface area contributed by atoms with Crippen LogP contribution in [-0.4, -0.2) is 29.4 Å². The van der Waals surface area contributed by atoms with E-state index in [0.717, 1.165) is 27.7 Å². The smallest absolute Gasteiger partial charge is 0.293 e. The summed E-state index contributed by atoms with van der Waals surface area (Å²) in [5.74, 6) is -1.24. The van der Waals surface area contributed by atoms with Crippen molar-refractivity contribution in [1.29, 1.82) is 0 Å². The molecular formula is C23H16Cl2N2O6S2. The number of sulfone groups is 1. The molecule has 0 spiro atoms. The number of benzene rings is 2. The minimum Gasteiger partial charge on any atom is -0.298 e. The van der Waals surface area contributed by atoms with E-state index in [1.807, 2.05) is 0 Å². The normalized spacial score (nSPS) is 11.6. The first-order valence-corrected chi connectivity index (χ1v) is 13.3. The molecule has 0 unspecified atom stereocenters. The van der Waals surface area contributed by atoms with Gasteiger partial charge in [0, 0.05) is 6.42 Å². The molecule has 180 valence electrons. The van der Waals surface area contributed by atoms with E-state index >= 15 is 0 Å². The van der Waals surface area contributed by atoms with Crippen molar-refractivity contribution in [2.75, 3.05) is 5.75 Å². The van der Waals surface area contributed by atoms with E-state index in [2.05, 4.69) is 0 Å². The van der Waals surface area contributed by atoms with Gasteiger partial charge in [-0.25, -0.2) is 8.42 Å². The minimum atomic E-state index is -3.82. The molecule has 0 aliphatic carbocycles. The van der Waals surface area contributed by atoms with Crippen molar-refractivity contribution in [2.45, 2.75) is 17.6 Å². The molecule has 0 aliphatic rings. The van der Waals surface area contributed by atoms with Gasteiger partial charge in [0.15, 0.2) is 15.6 Å². The fraction of sp³-hybridized carbons (Fsp3) is 0.130. The molecule has 8 nitrogen and oxygen atoms in total. The summed E-state index contributed by atoms with van der Waals surface area (Å²) in [6.07, 6.45) is 0.916. The van der Waals surface area contributed by atoms with Crippen LogP contribution in [0, 0.1) is 17.0 Å². The minimum absolute atomic E-state index is 0.0108. The third-order valence-corrected chi connectivity index (χ3v) is 9.02. The molecule has 0 aliphatic heterocycles. The number of carbonyl (C=O) groups is 1. The van der Waals surface area contributed by atoms with E-state index in [1.54, 1.807) is 19.1 Å². The van der Waals surface area contributed by atoms with E-state index in [4.69, 9.17) is 23.2 Å². The molecule has 0 saturated heterocycles. The van der Waals surface area contributed by atoms with Gasteiger partial charge in [-0.1, -0.05) is 40.9 Å². The molecule has 0 amide bonds. The van der Waals surface area contributed by atoms with Crippen molar-refractivity contribution in [3.05, 3.63) is 95.7 Å². The number of nitro groups is 1. The van der Waals surface area contributed by atoms with Gasteiger partial charge in [-0.15, -0.1) is 11.3 Å². The van der Waals surface area contributed by atoms with Crippen molar-refractivity contribution in [3.8, 4) is 5.69 Å². The molecule has 35 heavy (non-hydrogen) atoms. The van der Waals surface area contributed by atoms with Crippen LogP contribution in [0.15, 0.2) is 63.7 Å². The van der Waals surface area contributed by atoms with Crippen molar-refractivity contribution >= 4 is 66.6 Å². The Morgan fingerprint density at radius 3 is 2.46 bits per heavy atom. The second-order valence-electron chi connectivity index (χ2n) is 7.81. The number of nitrogens with zero attached hydrogens (tertiary/aromatic N) is 2. The standard InChI is InChI=1S/C23H16Cl2N2O6S2/c1-13-2-4-16-17(8-13)20(27(30)31)11-26(23(16)29)19-5-3-14(10-18(19)24)9-15(28)12-35(32,33)22-7-6-21(25)34-22/h2-8,10-11H,9,12H2,1H3. The Kier molecular flexibility index (Phi) is 6.83. The first-order valence-electron chi connectivity index (χ1n) is 10.1. The molecule has 4 aromatic rings. The van der Waals surface area contributed by atoms with Gasteiger partial charge in [-0.05, 0) is 48.9 Å². The lowest BCUT2D eigenvalue weighted by molar-refractivity contribution is -0.383. The average Bonchev–Trinajstić information content (AvgIpc) is 3.21. The number of ketones is 1. The van der Waals surface area contributed by atoms with Gasteiger partial charge in [0.1, 0.15) is 9.96 Å². The van der Waals surface area contributed by atoms with Crippen molar-refractivity contribution in [1.82, 2.24) is 4.57 Å². The largest absolute Gasteiger partial charge is 0.298 e. The Hall–Kier alpha value is -3.05. The topological polar surface area (TPSA) is 116 Å². The van der Waals surface area contributed by atoms with Gasteiger partial charge in [0.05, 0.1) is 36.9 Å². The highest BCUT2D eigenvalue weighted by Gasteiger charge is 2.22. The summed E-state index contributed by atoms with van der Waals surface area (Å²) in [6.45, 7) is 1.77. The fourth-order valence-electron chi connectivity index (χ4n) is 3.64. The monoisotopic (exact) mass is 550 g/mol. The van der Waals surface area contributed by atoms with Crippen LogP contribution >= 0.6 is 34.5 Å². The highest BCUT2D eigenvalue weighted by atomic mass is 35.5. The second kappa shape index (κ2) is 9.54. The number of fused-ring (bicyclic) bond motifs is 1. The molecule has 0 bridgehead atoms. The number of Topliss-reactive ketones (excluding diaryl/α,β-unsaturated/α-hetero) is 1. The quantitative estimate of drug-likeness (QED) is 0.231. The van der Waals surface area contributed by atoms with E-state index in [9.17, 15) is 28.1 Å². The van der Waals surface area contributed by atoms with Crippen LogP contribution in [-0.2, 0) is 21.1 Å². The zero-order chi connectivity index (χ0) is 25.5. The molecule has 2 heterocycles. The lowest BCUT2D eigenvalue weighted by Gasteiger charge is -2.12. The van der Waals surface area contributed by atoms with Crippen LogP contribution in [0.3, 0.4) is 0 Å². The average molecular weight is 551 g/mol. The van der Waals surface area contributed by atoms with Crippen LogP contribution in [0.2, 0.25) is 9.36 Å². The molecule has 4 rings (SSSR count). The number of aromatic nitrogens is 1. The fourth-order valence-corrected chi connectivity index (χ4v) is 6.75. The van der Waals surface area contributed by atoms with Crippen molar-refractivity contribution < 1.29 is 18.1 Å². The lowest BCUT2D eigenvalue weighted by Crippen LogP contribution is -2.20. The van der Waals surface area contributed by atoms with Crippen LogP contribution in [0.4, 0.5) is 5.69 Å². The summed E-state index contributed by atoms with van der Waals surface area (Å²) in [5, 5.41) is 12.1. The first-order chi connectivity index (χ1) is 16.5. The van der Waals surface area contributed by atoms with Gasteiger partial charge >= 0.3 is 0 Å². The Morgan fingerprint density at radius 1 is 1.09 bits per heavy atom. The van der Waals surface area contributed by atoms with Gasteiger partial charge < -0.3 is 0 Å². The number of rotatable bonds is 7.